The third-order valence-corrected chi connectivity index (χ3v) is 15.2. The average molecular weight is 831 g/mol. The van der Waals surface area contributed by atoms with Crippen LogP contribution in [0.2, 0.25) is 0 Å². The van der Waals surface area contributed by atoms with Crippen molar-refractivity contribution in [2.75, 3.05) is 0 Å². The number of thiophene rings is 1. The molecule has 10 aromatic carbocycles. The molecule has 2 heteroatoms. The molecule has 0 saturated heterocycles. The molecule has 2 aliphatic carbocycles. The van der Waals surface area contributed by atoms with Gasteiger partial charge in [0.25, 0.3) is 0 Å². The van der Waals surface area contributed by atoms with Crippen LogP contribution >= 0.6 is 11.3 Å². The quantitative estimate of drug-likeness (QED) is 0.161. The molecule has 0 radical (unpaired) electrons. The lowest BCUT2D eigenvalue weighted by Gasteiger charge is -2.33. The molecule has 0 spiro atoms. The van der Waals surface area contributed by atoms with Crippen LogP contribution in [0.3, 0.4) is 0 Å². The van der Waals surface area contributed by atoms with Crippen molar-refractivity contribution in [3.05, 3.63) is 240 Å². The van der Waals surface area contributed by atoms with Crippen molar-refractivity contribution in [2.24, 2.45) is 11.8 Å². The number of hydrogen-bond donors (Lipinski definition) is 0. The minimum Gasteiger partial charge on any atom is -0.456 e. The summed E-state index contributed by atoms with van der Waals surface area (Å²) in [6, 6.07) is 71.9. The SMILES string of the molecule is C1=CC2C(c3ccc4oc5cc6ccccc6cc5c4c3)=c3ccccc3=C(c3cccc4c3sc3cc(-c5c6ccccc6c(-c6ccccc6)c6ccccc56)ccc34)C2C=C1. The van der Waals surface area contributed by atoms with E-state index in [0.29, 0.717) is 0 Å². The third kappa shape index (κ3) is 5.24. The van der Waals surface area contributed by atoms with E-state index in [1.807, 2.05) is 11.3 Å². The van der Waals surface area contributed by atoms with E-state index >= 15 is 0 Å². The predicted octanol–water partition coefficient (Wildman–Crippen LogP) is 15.5. The predicted molar refractivity (Wildman–Crippen MR) is 272 cm³/mol. The Balaban J connectivity index is 0.984. The molecular weight excluding hydrogens is 793 g/mol. The first kappa shape index (κ1) is 35.8. The van der Waals surface area contributed by atoms with Gasteiger partial charge in [-0.1, -0.05) is 188 Å². The van der Waals surface area contributed by atoms with Crippen molar-refractivity contribution >= 4 is 96.9 Å². The van der Waals surface area contributed by atoms with Gasteiger partial charge in [-0.25, -0.2) is 0 Å². The molecule has 0 amide bonds. The molecule has 0 aliphatic heterocycles. The van der Waals surface area contributed by atoms with E-state index in [4.69, 9.17) is 4.42 Å². The van der Waals surface area contributed by atoms with Gasteiger partial charge in [-0.2, -0.15) is 0 Å². The largest absolute Gasteiger partial charge is 0.456 e. The van der Waals surface area contributed by atoms with E-state index in [2.05, 4.69) is 218 Å². The van der Waals surface area contributed by atoms with Gasteiger partial charge in [0.2, 0.25) is 0 Å². The molecule has 298 valence electrons. The molecule has 0 fully saturated rings. The van der Waals surface area contributed by atoms with Crippen LogP contribution in [0.1, 0.15) is 11.1 Å². The fourth-order valence-electron chi connectivity index (χ4n) is 11.3. The summed E-state index contributed by atoms with van der Waals surface area (Å²) in [5.74, 6) is 0.339. The second-order valence-corrected chi connectivity index (χ2v) is 18.5. The molecule has 64 heavy (non-hydrogen) atoms. The smallest absolute Gasteiger partial charge is 0.136 e. The normalized spacial score (nSPS) is 15.9. The number of benzene rings is 10. The molecule has 0 saturated carbocycles. The number of rotatable bonds is 4. The van der Waals surface area contributed by atoms with E-state index in [-0.39, 0.29) is 11.8 Å². The maximum atomic E-state index is 6.47. The summed E-state index contributed by atoms with van der Waals surface area (Å²) in [7, 11) is 0. The fraction of sp³-hybridized carbons (Fsp3) is 0.0323. The van der Waals surface area contributed by atoms with Crippen LogP contribution in [0.25, 0.3) is 108 Å². The van der Waals surface area contributed by atoms with E-state index in [1.54, 1.807) is 0 Å². The van der Waals surface area contributed by atoms with Gasteiger partial charge in [0.05, 0.1) is 0 Å². The number of furan rings is 1. The number of hydrogen-bond acceptors (Lipinski definition) is 2. The van der Waals surface area contributed by atoms with Crippen molar-refractivity contribution in [1.29, 1.82) is 0 Å². The van der Waals surface area contributed by atoms with Crippen molar-refractivity contribution in [3.8, 4) is 22.3 Å². The van der Waals surface area contributed by atoms with Gasteiger partial charge >= 0.3 is 0 Å². The highest BCUT2D eigenvalue weighted by molar-refractivity contribution is 7.26. The van der Waals surface area contributed by atoms with Crippen molar-refractivity contribution < 1.29 is 4.42 Å². The topological polar surface area (TPSA) is 13.1 Å². The summed E-state index contributed by atoms with van der Waals surface area (Å²) in [5.41, 5.74) is 12.3. The standard InChI is InChI=1S/C62H38OS/c1-2-15-37(16-3-1)58-43-19-6-8-21-45(43)60(46-22-9-7-20-44(46)58)41-29-31-42-51-27-14-28-52(62(51)64-57(42)36-41)61-49-25-12-10-23-47(49)59(48-24-11-13-26-50(48)61)40-30-32-55-53(34-40)54-33-38-17-4-5-18-39(38)35-56(54)63-55/h1-36,47,49H. The zero-order valence-corrected chi connectivity index (χ0v) is 35.6. The summed E-state index contributed by atoms with van der Waals surface area (Å²) >= 11 is 1.94. The zero-order valence-electron chi connectivity index (χ0n) is 34.8. The van der Waals surface area contributed by atoms with Gasteiger partial charge < -0.3 is 4.42 Å². The van der Waals surface area contributed by atoms with E-state index < -0.39 is 0 Å². The molecule has 2 heterocycles. The van der Waals surface area contributed by atoms with Gasteiger partial charge in [-0.3, -0.25) is 0 Å². The Morgan fingerprint density at radius 3 is 1.67 bits per heavy atom. The van der Waals surface area contributed by atoms with Crippen molar-refractivity contribution in [3.63, 3.8) is 0 Å². The van der Waals surface area contributed by atoms with Crippen LogP contribution in [-0.2, 0) is 0 Å². The Morgan fingerprint density at radius 1 is 0.359 bits per heavy atom. The molecule has 2 aromatic heterocycles. The highest BCUT2D eigenvalue weighted by Gasteiger charge is 2.33. The first-order chi connectivity index (χ1) is 31.7. The summed E-state index contributed by atoms with van der Waals surface area (Å²) < 4.78 is 9.13. The second kappa shape index (κ2) is 13.9. The molecule has 2 unspecified atom stereocenters. The molecule has 0 bridgehead atoms. The summed E-state index contributed by atoms with van der Waals surface area (Å²) in [6.07, 6.45) is 9.36. The number of allylic oxidation sites excluding steroid dienone is 4. The second-order valence-electron chi connectivity index (χ2n) is 17.4. The first-order valence-electron chi connectivity index (χ1n) is 22.2. The Hall–Kier alpha value is -7.78. The Labute approximate surface area is 373 Å². The molecular formula is C62H38OS. The van der Waals surface area contributed by atoms with Crippen LogP contribution < -0.4 is 10.4 Å². The zero-order chi connectivity index (χ0) is 41.9. The van der Waals surface area contributed by atoms with Crippen molar-refractivity contribution in [2.45, 2.75) is 0 Å². The van der Waals surface area contributed by atoms with E-state index in [9.17, 15) is 0 Å². The van der Waals surface area contributed by atoms with Crippen LogP contribution in [0.5, 0.6) is 0 Å². The highest BCUT2D eigenvalue weighted by Crippen LogP contribution is 2.48. The lowest BCUT2D eigenvalue weighted by atomic mass is 9.70. The van der Waals surface area contributed by atoms with Gasteiger partial charge in [0.1, 0.15) is 11.2 Å². The lowest BCUT2D eigenvalue weighted by Crippen LogP contribution is -2.40. The maximum Gasteiger partial charge on any atom is 0.136 e. The van der Waals surface area contributed by atoms with Crippen LogP contribution in [0, 0.1) is 11.8 Å². The first-order valence-corrected chi connectivity index (χ1v) is 23.1. The van der Waals surface area contributed by atoms with Gasteiger partial charge in [0, 0.05) is 42.8 Å². The average Bonchev–Trinajstić information content (AvgIpc) is 3.91. The monoisotopic (exact) mass is 830 g/mol. The summed E-state index contributed by atoms with van der Waals surface area (Å²) in [4.78, 5) is 0. The third-order valence-electron chi connectivity index (χ3n) is 14.0. The molecule has 0 N–H and O–H groups in total. The summed E-state index contributed by atoms with van der Waals surface area (Å²) in [6.45, 7) is 0. The van der Waals surface area contributed by atoms with Gasteiger partial charge in [-0.15, -0.1) is 11.3 Å². The lowest BCUT2D eigenvalue weighted by molar-refractivity contribution is 0.669. The Bertz CT molecular complexity index is 4080. The van der Waals surface area contributed by atoms with Crippen LogP contribution in [0.15, 0.2) is 223 Å². The minimum atomic E-state index is 0.169. The number of fused-ring (bicyclic) bond motifs is 11. The molecule has 2 atom stereocenters. The van der Waals surface area contributed by atoms with Gasteiger partial charge in [-0.05, 0) is 118 Å². The minimum absolute atomic E-state index is 0.169. The molecule has 12 aromatic rings. The summed E-state index contributed by atoms with van der Waals surface area (Å²) in [5, 5.41) is 15.1. The molecule has 1 nitrogen and oxygen atoms in total. The van der Waals surface area contributed by atoms with Crippen molar-refractivity contribution in [1.82, 2.24) is 0 Å². The Morgan fingerprint density at radius 2 is 0.938 bits per heavy atom. The van der Waals surface area contributed by atoms with E-state index in [1.165, 1.54) is 107 Å². The van der Waals surface area contributed by atoms with Crippen LogP contribution in [0.4, 0.5) is 0 Å². The van der Waals surface area contributed by atoms with E-state index in [0.717, 1.165) is 21.9 Å². The van der Waals surface area contributed by atoms with Gasteiger partial charge in [0.15, 0.2) is 0 Å². The Kier molecular flexibility index (Phi) is 7.75. The van der Waals surface area contributed by atoms with Crippen LogP contribution in [-0.4, -0.2) is 0 Å². The fourth-order valence-corrected chi connectivity index (χ4v) is 12.6. The maximum absolute atomic E-state index is 6.47. The highest BCUT2D eigenvalue weighted by atomic mass is 32.1. The molecule has 14 rings (SSSR count). The molecule has 2 aliphatic rings.